The largest absolute Gasteiger partial charge is 0.504 e. The van der Waals surface area contributed by atoms with Gasteiger partial charge in [0.2, 0.25) is 0 Å². The molecular formula is C25H35NO4. The number of phenols is 1. The summed E-state index contributed by atoms with van der Waals surface area (Å²) in [4.78, 5) is 2.56. The van der Waals surface area contributed by atoms with Gasteiger partial charge in [0, 0.05) is 35.5 Å². The summed E-state index contributed by atoms with van der Waals surface area (Å²) in [5.74, 6) is 0.977. The zero-order valence-corrected chi connectivity index (χ0v) is 18.7. The highest BCUT2D eigenvalue weighted by Crippen LogP contribution is 2.77. The average molecular weight is 414 g/mol. The molecule has 5 heteroatoms. The Bertz CT molecular complexity index is 915. The fraction of sp³-hybridized carbons (Fsp3) is 0.760. The molecule has 1 aromatic carbocycles. The maximum Gasteiger partial charge on any atom is 0.165 e. The van der Waals surface area contributed by atoms with E-state index in [1.165, 1.54) is 11.1 Å². The van der Waals surface area contributed by atoms with Crippen molar-refractivity contribution >= 4 is 0 Å². The van der Waals surface area contributed by atoms with Gasteiger partial charge in [0.05, 0.1) is 5.60 Å². The van der Waals surface area contributed by atoms with E-state index < -0.39 is 11.2 Å². The Kier molecular flexibility index (Phi) is 3.70. The Labute approximate surface area is 179 Å². The third-order valence-corrected chi connectivity index (χ3v) is 10.1. The number of aromatic hydroxyl groups is 1. The number of hydrogen-bond acceptors (Lipinski definition) is 5. The molecule has 7 atom stereocenters. The highest BCUT2D eigenvalue weighted by Gasteiger charge is 2.81. The van der Waals surface area contributed by atoms with Crippen molar-refractivity contribution < 1.29 is 19.7 Å². The van der Waals surface area contributed by atoms with Gasteiger partial charge in [0.1, 0.15) is 11.7 Å². The van der Waals surface area contributed by atoms with Gasteiger partial charge in [-0.05, 0) is 70.7 Å². The standard InChI is InChI=1S/C25H35NO4/c1-5-8-22(2,28)17-14-23-9-10-25(17,29-4)21-24(23)11-12-26(3)18(23)13-15-6-7-16(27)20(30-21)19(15)24/h6-7,17-18,21,27-28H,5,8-14H2,1-4H3/t17-,18-,21-,22-,23-,24+,25+/m1/s1. The van der Waals surface area contributed by atoms with Gasteiger partial charge in [0.15, 0.2) is 11.5 Å². The number of benzene rings is 1. The zero-order chi connectivity index (χ0) is 21.1. The highest BCUT2D eigenvalue weighted by atomic mass is 16.6. The van der Waals surface area contributed by atoms with Crippen LogP contribution in [0, 0.1) is 11.3 Å². The molecule has 164 valence electrons. The van der Waals surface area contributed by atoms with Gasteiger partial charge >= 0.3 is 0 Å². The third-order valence-electron chi connectivity index (χ3n) is 10.1. The molecule has 4 fully saturated rings. The number of hydrogen-bond donors (Lipinski definition) is 2. The van der Waals surface area contributed by atoms with Crippen molar-refractivity contribution in [3.05, 3.63) is 23.3 Å². The van der Waals surface area contributed by atoms with E-state index in [1.54, 1.807) is 0 Å². The minimum Gasteiger partial charge on any atom is -0.504 e. The number of piperidine rings is 1. The second kappa shape index (κ2) is 5.73. The summed E-state index contributed by atoms with van der Waals surface area (Å²) < 4.78 is 13.2. The summed E-state index contributed by atoms with van der Waals surface area (Å²) in [5.41, 5.74) is 1.21. The lowest BCUT2D eigenvalue weighted by atomic mass is 9.33. The van der Waals surface area contributed by atoms with Crippen molar-refractivity contribution in [2.45, 2.75) is 87.6 Å². The molecule has 3 saturated carbocycles. The summed E-state index contributed by atoms with van der Waals surface area (Å²) >= 11 is 0. The fourth-order valence-corrected chi connectivity index (χ4v) is 9.09. The summed E-state index contributed by atoms with van der Waals surface area (Å²) in [5, 5.41) is 22.5. The molecule has 2 N–H and O–H groups in total. The van der Waals surface area contributed by atoms with Gasteiger partial charge in [-0.1, -0.05) is 19.4 Å². The molecule has 4 bridgehead atoms. The first-order chi connectivity index (χ1) is 14.3. The molecule has 2 heterocycles. The molecule has 6 aliphatic rings. The minimum absolute atomic E-state index is 0.0221. The zero-order valence-electron chi connectivity index (χ0n) is 18.7. The molecule has 30 heavy (non-hydrogen) atoms. The maximum absolute atomic E-state index is 11.7. The van der Waals surface area contributed by atoms with Crippen molar-refractivity contribution in [2.75, 3.05) is 20.7 Å². The normalized spacial score (nSPS) is 45.0. The molecule has 7 rings (SSSR count). The van der Waals surface area contributed by atoms with Crippen LogP contribution in [0.1, 0.15) is 63.5 Å². The average Bonchev–Trinajstić information content (AvgIpc) is 3.09. The van der Waals surface area contributed by atoms with E-state index >= 15 is 0 Å². The molecule has 0 aromatic heterocycles. The maximum atomic E-state index is 11.7. The predicted molar refractivity (Wildman–Crippen MR) is 114 cm³/mol. The lowest BCUT2D eigenvalue weighted by molar-refractivity contribution is -0.301. The number of rotatable bonds is 4. The molecule has 4 aliphatic carbocycles. The number of likely N-dealkylation sites (N-methyl/N-ethyl adjacent to an activating group) is 1. The number of methoxy groups -OCH3 is 1. The van der Waals surface area contributed by atoms with E-state index in [4.69, 9.17) is 9.47 Å². The third kappa shape index (κ3) is 1.85. The lowest BCUT2D eigenvalue weighted by Gasteiger charge is -2.74. The summed E-state index contributed by atoms with van der Waals surface area (Å²) in [6.07, 6.45) is 6.57. The van der Waals surface area contributed by atoms with Gasteiger partial charge in [-0.3, -0.25) is 0 Å². The molecule has 1 aromatic rings. The van der Waals surface area contributed by atoms with Gasteiger partial charge in [-0.2, -0.15) is 0 Å². The van der Waals surface area contributed by atoms with E-state index in [-0.39, 0.29) is 28.6 Å². The minimum atomic E-state index is -0.798. The fourth-order valence-electron chi connectivity index (χ4n) is 9.09. The van der Waals surface area contributed by atoms with Gasteiger partial charge in [0.25, 0.3) is 0 Å². The van der Waals surface area contributed by atoms with E-state index in [2.05, 4.69) is 24.9 Å². The van der Waals surface area contributed by atoms with E-state index in [0.717, 1.165) is 51.5 Å². The second-order valence-corrected chi connectivity index (χ2v) is 11.0. The number of nitrogens with zero attached hydrogens (tertiary/aromatic N) is 1. The molecular weight excluding hydrogens is 378 g/mol. The van der Waals surface area contributed by atoms with Gasteiger partial charge in [-0.15, -0.1) is 0 Å². The Morgan fingerprint density at radius 3 is 2.83 bits per heavy atom. The van der Waals surface area contributed by atoms with Crippen LogP contribution in [0.5, 0.6) is 11.5 Å². The smallest absolute Gasteiger partial charge is 0.165 e. The Morgan fingerprint density at radius 2 is 2.10 bits per heavy atom. The van der Waals surface area contributed by atoms with Crippen LogP contribution in [0.4, 0.5) is 0 Å². The Balaban J connectivity index is 1.64. The number of likely N-dealkylation sites (tertiary alicyclic amines) is 1. The molecule has 0 amide bonds. The summed E-state index contributed by atoms with van der Waals surface area (Å²) in [6, 6.07) is 4.37. The van der Waals surface area contributed by atoms with Gasteiger partial charge in [-0.25, -0.2) is 0 Å². The van der Waals surface area contributed by atoms with Crippen LogP contribution in [-0.4, -0.2) is 59.2 Å². The quantitative estimate of drug-likeness (QED) is 0.792. The lowest BCUT2D eigenvalue weighted by Crippen LogP contribution is -2.82. The van der Waals surface area contributed by atoms with Crippen LogP contribution >= 0.6 is 0 Å². The van der Waals surface area contributed by atoms with E-state index in [1.807, 2.05) is 20.1 Å². The first kappa shape index (κ1) is 19.4. The second-order valence-electron chi connectivity index (χ2n) is 11.0. The van der Waals surface area contributed by atoms with Crippen LogP contribution in [0.25, 0.3) is 0 Å². The molecule has 1 saturated heterocycles. The van der Waals surface area contributed by atoms with Crippen LogP contribution < -0.4 is 4.74 Å². The molecule has 0 unspecified atom stereocenters. The van der Waals surface area contributed by atoms with Crippen LogP contribution in [0.15, 0.2) is 12.1 Å². The predicted octanol–water partition coefficient (Wildman–Crippen LogP) is 3.39. The first-order valence-electron chi connectivity index (χ1n) is 11.8. The summed E-state index contributed by atoms with van der Waals surface area (Å²) in [7, 11) is 4.09. The van der Waals surface area contributed by atoms with Crippen LogP contribution in [-0.2, 0) is 16.6 Å². The topological polar surface area (TPSA) is 62.2 Å². The summed E-state index contributed by atoms with van der Waals surface area (Å²) in [6.45, 7) is 5.19. The SMILES string of the molecule is CCC[C@@](C)(O)[C@H]1C[C@@]23CC[C@@]1(OC)[C@@H]1Oc4c(O)ccc5c4[C@@]12CCN(C)[C@@H]3C5. The number of aliphatic hydroxyl groups is 1. The van der Waals surface area contributed by atoms with Crippen molar-refractivity contribution in [1.29, 1.82) is 0 Å². The van der Waals surface area contributed by atoms with E-state index in [9.17, 15) is 10.2 Å². The Hall–Kier alpha value is -1.30. The van der Waals surface area contributed by atoms with Crippen molar-refractivity contribution in [3.63, 3.8) is 0 Å². The number of fused-ring (bicyclic) bond motifs is 2. The monoisotopic (exact) mass is 413 g/mol. The van der Waals surface area contributed by atoms with Gasteiger partial charge < -0.3 is 24.6 Å². The van der Waals surface area contributed by atoms with E-state index in [0.29, 0.717) is 11.8 Å². The van der Waals surface area contributed by atoms with Crippen LogP contribution in [0.2, 0.25) is 0 Å². The first-order valence-corrected chi connectivity index (χ1v) is 11.8. The number of ether oxygens (including phenoxy) is 2. The highest BCUT2D eigenvalue weighted by molar-refractivity contribution is 5.63. The Morgan fingerprint density at radius 1 is 1.30 bits per heavy atom. The molecule has 0 radical (unpaired) electrons. The van der Waals surface area contributed by atoms with Crippen molar-refractivity contribution in [1.82, 2.24) is 4.90 Å². The molecule has 2 spiro atoms. The molecule has 2 aliphatic heterocycles. The molecule has 5 nitrogen and oxygen atoms in total. The van der Waals surface area contributed by atoms with Crippen LogP contribution in [0.3, 0.4) is 0 Å². The number of phenolic OH excluding ortho intramolecular Hbond substituents is 1. The van der Waals surface area contributed by atoms with Crippen molar-refractivity contribution in [2.24, 2.45) is 11.3 Å². The van der Waals surface area contributed by atoms with Crippen molar-refractivity contribution in [3.8, 4) is 11.5 Å².